The Morgan fingerprint density at radius 1 is 1.07 bits per heavy atom. The van der Waals surface area contributed by atoms with Crippen LogP contribution in [0.1, 0.15) is 23.2 Å². The van der Waals surface area contributed by atoms with Crippen LogP contribution in [0.5, 0.6) is 0 Å². The molecule has 1 fully saturated rings. The highest BCUT2D eigenvalue weighted by Crippen LogP contribution is 2.23. The van der Waals surface area contributed by atoms with Crippen LogP contribution in [0.15, 0.2) is 48.7 Å². The van der Waals surface area contributed by atoms with E-state index in [-0.39, 0.29) is 11.6 Å². The average molecular weight is 414 g/mol. The molecule has 0 spiro atoms. The first kappa shape index (κ1) is 20.0. The molecule has 0 radical (unpaired) electrons. The van der Waals surface area contributed by atoms with Crippen LogP contribution in [0.2, 0.25) is 0 Å². The van der Waals surface area contributed by atoms with Gasteiger partial charge in [-0.25, -0.2) is 13.2 Å². The average Bonchev–Trinajstić information content (AvgIpc) is 3.16. The monoisotopic (exact) mass is 414 g/mol. The van der Waals surface area contributed by atoms with E-state index < -0.39 is 23.4 Å². The van der Waals surface area contributed by atoms with Crippen LogP contribution in [-0.4, -0.2) is 34.8 Å². The normalized spacial score (nSPS) is 16.5. The van der Waals surface area contributed by atoms with Crippen molar-refractivity contribution >= 4 is 11.6 Å². The van der Waals surface area contributed by atoms with E-state index in [4.69, 9.17) is 0 Å². The topological polar surface area (TPSA) is 50.2 Å². The predicted octanol–water partition coefficient (Wildman–Crippen LogP) is 3.90. The quantitative estimate of drug-likeness (QED) is 0.705. The van der Waals surface area contributed by atoms with Gasteiger partial charge in [-0.2, -0.15) is 5.10 Å². The third kappa shape index (κ3) is 4.17. The van der Waals surface area contributed by atoms with Crippen molar-refractivity contribution < 1.29 is 18.0 Å². The van der Waals surface area contributed by atoms with Crippen molar-refractivity contribution in [3.8, 4) is 11.3 Å². The number of amides is 1. The third-order valence-electron chi connectivity index (χ3n) is 5.25. The molecule has 3 aromatic rings. The van der Waals surface area contributed by atoms with Crippen molar-refractivity contribution in [2.24, 2.45) is 7.05 Å². The van der Waals surface area contributed by atoms with Crippen molar-refractivity contribution in [1.29, 1.82) is 0 Å². The molecule has 0 aliphatic carbocycles. The lowest BCUT2D eigenvalue weighted by Gasteiger charge is -2.34. The summed E-state index contributed by atoms with van der Waals surface area (Å²) in [6, 6.07) is 9.70. The number of hydrogen-bond acceptors (Lipinski definition) is 3. The molecule has 0 bridgehead atoms. The van der Waals surface area contributed by atoms with E-state index in [1.165, 1.54) is 18.2 Å². The molecule has 156 valence electrons. The lowest BCUT2D eigenvalue weighted by molar-refractivity contribution is 0.0929. The fourth-order valence-electron chi connectivity index (χ4n) is 3.70. The largest absolute Gasteiger partial charge is 0.369 e. The zero-order chi connectivity index (χ0) is 21.3. The molecule has 30 heavy (non-hydrogen) atoms. The van der Waals surface area contributed by atoms with E-state index in [1.807, 2.05) is 4.90 Å². The van der Waals surface area contributed by atoms with Gasteiger partial charge in [0, 0.05) is 49.7 Å². The van der Waals surface area contributed by atoms with Gasteiger partial charge in [0.2, 0.25) is 0 Å². The summed E-state index contributed by atoms with van der Waals surface area (Å²) in [5, 5.41) is 7.09. The maximum Gasteiger partial charge on any atom is 0.254 e. The van der Waals surface area contributed by atoms with Gasteiger partial charge < -0.3 is 10.2 Å². The Balaban J connectivity index is 1.44. The summed E-state index contributed by atoms with van der Waals surface area (Å²) in [6.07, 6.45) is 3.25. The highest BCUT2D eigenvalue weighted by atomic mass is 19.2. The number of carbonyl (C=O) groups is 1. The van der Waals surface area contributed by atoms with E-state index in [2.05, 4.69) is 10.4 Å². The van der Waals surface area contributed by atoms with Gasteiger partial charge in [0.1, 0.15) is 5.82 Å². The van der Waals surface area contributed by atoms with Crippen LogP contribution >= 0.6 is 0 Å². The first-order valence-electron chi connectivity index (χ1n) is 9.71. The fourth-order valence-corrected chi connectivity index (χ4v) is 3.70. The number of rotatable bonds is 4. The summed E-state index contributed by atoms with van der Waals surface area (Å²) in [4.78, 5) is 14.5. The van der Waals surface area contributed by atoms with Crippen molar-refractivity contribution in [1.82, 2.24) is 15.1 Å². The maximum atomic E-state index is 14.6. The molecule has 1 saturated heterocycles. The molecule has 1 atom stereocenters. The van der Waals surface area contributed by atoms with Gasteiger partial charge in [-0.1, -0.05) is 6.07 Å². The van der Waals surface area contributed by atoms with Gasteiger partial charge in [0.05, 0.1) is 11.3 Å². The minimum absolute atomic E-state index is 0.0420. The van der Waals surface area contributed by atoms with E-state index in [9.17, 15) is 18.0 Å². The Morgan fingerprint density at radius 3 is 2.60 bits per heavy atom. The van der Waals surface area contributed by atoms with Crippen LogP contribution in [0, 0.1) is 17.5 Å². The van der Waals surface area contributed by atoms with Crippen molar-refractivity contribution in [2.45, 2.75) is 18.9 Å². The number of benzene rings is 2. The summed E-state index contributed by atoms with van der Waals surface area (Å²) < 4.78 is 42.9. The number of nitrogens with zero attached hydrogens (tertiary/aromatic N) is 3. The maximum absolute atomic E-state index is 14.6. The summed E-state index contributed by atoms with van der Waals surface area (Å²) in [6.45, 7) is 1.11. The van der Waals surface area contributed by atoms with Crippen LogP contribution in [-0.2, 0) is 7.05 Å². The molecule has 1 aliphatic heterocycles. The first-order chi connectivity index (χ1) is 14.4. The second-order valence-electron chi connectivity index (χ2n) is 7.43. The Hall–Kier alpha value is -3.29. The molecule has 1 amide bonds. The van der Waals surface area contributed by atoms with Crippen LogP contribution < -0.4 is 10.2 Å². The molecule has 1 N–H and O–H groups in total. The molecule has 4 rings (SSSR count). The van der Waals surface area contributed by atoms with Gasteiger partial charge >= 0.3 is 0 Å². The number of anilines is 1. The number of carbonyl (C=O) groups excluding carboxylic acids is 1. The first-order valence-corrected chi connectivity index (χ1v) is 9.71. The number of aromatic nitrogens is 2. The van der Waals surface area contributed by atoms with Crippen LogP contribution in [0.25, 0.3) is 11.3 Å². The summed E-state index contributed by atoms with van der Waals surface area (Å²) in [5.74, 6) is -2.93. The molecule has 2 heterocycles. The Kier molecular flexibility index (Phi) is 5.48. The zero-order valence-corrected chi connectivity index (χ0v) is 16.4. The second kappa shape index (κ2) is 8.22. The lowest BCUT2D eigenvalue weighted by Crippen LogP contribution is -2.48. The van der Waals surface area contributed by atoms with Gasteiger partial charge in [0.15, 0.2) is 11.6 Å². The standard InChI is InChI=1S/C22H21F3N4O/c1-28-10-8-21(27-28)14-4-6-17(19(24)11-14)22(30)26-15-3-2-9-29(13-15)16-5-7-18(23)20(25)12-16/h4-8,10-12,15H,2-3,9,13H2,1H3,(H,26,30)/t15-/m1/s1. The SMILES string of the molecule is Cn1ccc(-c2ccc(C(=O)N[C@@H]3CCCN(c4ccc(F)c(F)c4)C3)c(F)c2)n1. The predicted molar refractivity (Wildman–Crippen MR) is 108 cm³/mol. The number of nitrogens with one attached hydrogen (secondary N) is 1. The fraction of sp³-hybridized carbons (Fsp3) is 0.273. The summed E-state index contributed by atoms with van der Waals surface area (Å²) in [7, 11) is 1.77. The van der Waals surface area contributed by atoms with Crippen LogP contribution in [0.3, 0.4) is 0 Å². The Bertz CT molecular complexity index is 1080. The highest BCUT2D eigenvalue weighted by Gasteiger charge is 2.24. The molecule has 8 heteroatoms. The summed E-state index contributed by atoms with van der Waals surface area (Å²) >= 11 is 0. The number of piperidine rings is 1. The smallest absolute Gasteiger partial charge is 0.254 e. The van der Waals surface area contributed by atoms with Crippen molar-refractivity contribution in [3.63, 3.8) is 0 Å². The summed E-state index contributed by atoms with van der Waals surface area (Å²) in [5.41, 5.74) is 1.73. The minimum Gasteiger partial charge on any atom is -0.369 e. The molecule has 1 aromatic heterocycles. The molecule has 0 unspecified atom stereocenters. The Labute approximate surface area is 172 Å². The molecule has 2 aromatic carbocycles. The van der Waals surface area contributed by atoms with Gasteiger partial charge in [-0.15, -0.1) is 0 Å². The minimum atomic E-state index is -0.909. The van der Waals surface area contributed by atoms with E-state index in [0.717, 1.165) is 25.0 Å². The third-order valence-corrected chi connectivity index (χ3v) is 5.25. The number of halogens is 3. The molecular formula is C22H21F3N4O. The van der Waals surface area contributed by atoms with Crippen molar-refractivity contribution in [3.05, 3.63) is 71.7 Å². The second-order valence-corrected chi connectivity index (χ2v) is 7.43. The lowest BCUT2D eigenvalue weighted by atomic mass is 10.0. The zero-order valence-electron chi connectivity index (χ0n) is 16.4. The van der Waals surface area contributed by atoms with Gasteiger partial charge in [0.25, 0.3) is 5.91 Å². The van der Waals surface area contributed by atoms with E-state index in [1.54, 1.807) is 30.1 Å². The Morgan fingerprint density at radius 2 is 1.90 bits per heavy atom. The van der Waals surface area contributed by atoms with Gasteiger partial charge in [-0.05, 0) is 43.2 Å². The highest BCUT2D eigenvalue weighted by molar-refractivity contribution is 5.95. The number of aryl methyl sites for hydroxylation is 1. The molecular weight excluding hydrogens is 393 g/mol. The molecule has 0 saturated carbocycles. The van der Waals surface area contributed by atoms with Crippen molar-refractivity contribution in [2.75, 3.05) is 18.0 Å². The number of hydrogen-bond donors (Lipinski definition) is 1. The van der Waals surface area contributed by atoms with Gasteiger partial charge in [-0.3, -0.25) is 9.48 Å². The van der Waals surface area contributed by atoms with Crippen LogP contribution in [0.4, 0.5) is 18.9 Å². The molecule has 1 aliphatic rings. The molecule has 5 nitrogen and oxygen atoms in total. The van der Waals surface area contributed by atoms with E-state index in [0.29, 0.717) is 30.0 Å². The van der Waals surface area contributed by atoms with E-state index >= 15 is 0 Å².